The Balaban J connectivity index is 2.21. The van der Waals surface area contributed by atoms with Gasteiger partial charge >= 0.3 is 0 Å². The first-order valence-electron chi connectivity index (χ1n) is 5.01. The van der Waals surface area contributed by atoms with Gasteiger partial charge in [-0.1, -0.05) is 13.8 Å². The normalized spacial score (nSPS) is 16.2. The first kappa shape index (κ1) is 8.75. The summed E-state index contributed by atoms with van der Waals surface area (Å²) in [6.07, 6.45) is 3.18. The molecule has 3 nitrogen and oxygen atoms in total. The third-order valence-corrected chi connectivity index (χ3v) is 2.46. The second-order valence-corrected chi connectivity index (χ2v) is 4.11. The second-order valence-electron chi connectivity index (χ2n) is 4.11. The molecule has 3 heteroatoms. The van der Waals surface area contributed by atoms with Crippen molar-refractivity contribution in [3.8, 4) is 0 Å². The van der Waals surface area contributed by atoms with E-state index in [4.69, 9.17) is 0 Å². The molecule has 0 atom stereocenters. The molecule has 1 aromatic heterocycles. The highest BCUT2D eigenvalue weighted by atomic mass is 15.3. The molecule has 0 amide bonds. The maximum absolute atomic E-state index is 4.39. The second kappa shape index (κ2) is 3.50. The van der Waals surface area contributed by atoms with Crippen molar-refractivity contribution < 1.29 is 0 Å². The van der Waals surface area contributed by atoms with Crippen molar-refractivity contribution in [2.24, 2.45) is 5.92 Å². The molecule has 0 aliphatic carbocycles. The lowest BCUT2D eigenvalue weighted by molar-refractivity contribution is 0.471. The summed E-state index contributed by atoms with van der Waals surface area (Å²) in [5.41, 5.74) is 2.81. The van der Waals surface area contributed by atoms with Crippen LogP contribution < -0.4 is 5.32 Å². The summed E-state index contributed by atoms with van der Waals surface area (Å²) in [5, 5.41) is 7.77. The molecule has 0 saturated carbocycles. The fraction of sp³-hybridized carbons (Fsp3) is 0.700. The van der Waals surface area contributed by atoms with E-state index in [0.29, 0.717) is 0 Å². The molecule has 0 spiro atoms. The number of aromatic nitrogens is 2. The van der Waals surface area contributed by atoms with Crippen molar-refractivity contribution in [3.05, 3.63) is 17.5 Å². The van der Waals surface area contributed by atoms with E-state index in [1.807, 2.05) is 6.20 Å². The van der Waals surface area contributed by atoms with Gasteiger partial charge in [-0.25, -0.2) is 0 Å². The van der Waals surface area contributed by atoms with Gasteiger partial charge in [0.15, 0.2) is 0 Å². The molecule has 0 fully saturated rings. The summed E-state index contributed by atoms with van der Waals surface area (Å²) < 4.78 is 2.13. The number of hydrogen-bond donors (Lipinski definition) is 1. The van der Waals surface area contributed by atoms with Crippen molar-refractivity contribution in [1.29, 1.82) is 0 Å². The first-order chi connectivity index (χ1) is 6.27. The monoisotopic (exact) mass is 179 g/mol. The molecule has 0 unspecified atom stereocenters. The van der Waals surface area contributed by atoms with E-state index < -0.39 is 0 Å². The van der Waals surface area contributed by atoms with E-state index in [1.54, 1.807) is 0 Å². The number of fused-ring (bicyclic) bond motifs is 1. The molecule has 72 valence electrons. The first-order valence-corrected chi connectivity index (χ1v) is 5.01. The SMILES string of the molecule is CC(C)Cc1cnn2c1CNCC2. The summed E-state index contributed by atoms with van der Waals surface area (Å²) in [6.45, 7) is 7.56. The Hall–Kier alpha value is -0.830. The summed E-state index contributed by atoms with van der Waals surface area (Å²) in [6, 6.07) is 0. The zero-order valence-electron chi connectivity index (χ0n) is 8.38. The Kier molecular flexibility index (Phi) is 2.36. The van der Waals surface area contributed by atoms with E-state index in [9.17, 15) is 0 Å². The van der Waals surface area contributed by atoms with Crippen LogP contribution in [0, 0.1) is 5.92 Å². The predicted octanol–water partition coefficient (Wildman–Crippen LogP) is 1.18. The van der Waals surface area contributed by atoms with Gasteiger partial charge in [-0.05, 0) is 17.9 Å². The van der Waals surface area contributed by atoms with Gasteiger partial charge in [0.1, 0.15) is 0 Å². The van der Waals surface area contributed by atoms with Crippen LogP contribution in [0.15, 0.2) is 6.20 Å². The van der Waals surface area contributed by atoms with Crippen molar-refractivity contribution in [3.63, 3.8) is 0 Å². The lowest BCUT2D eigenvalue weighted by Gasteiger charge is -2.16. The van der Waals surface area contributed by atoms with Gasteiger partial charge in [0.05, 0.1) is 18.4 Å². The molecule has 0 bridgehead atoms. The predicted molar refractivity (Wildman–Crippen MR) is 52.5 cm³/mol. The summed E-state index contributed by atoms with van der Waals surface area (Å²) in [4.78, 5) is 0. The number of rotatable bonds is 2. The van der Waals surface area contributed by atoms with Crippen LogP contribution in [0.5, 0.6) is 0 Å². The molecule has 1 aliphatic rings. The summed E-state index contributed by atoms with van der Waals surface area (Å²) in [7, 11) is 0. The zero-order valence-corrected chi connectivity index (χ0v) is 8.38. The highest BCUT2D eigenvalue weighted by molar-refractivity contribution is 5.19. The van der Waals surface area contributed by atoms with Crippen LogP contribution in [0.2, 0.25) is 0 Å². The number of nitrogens with one attached hydrogen (secondary N) is 1. The molecule has 1 aliphatic heterocycles. The third-order valence-electron chi connectivity index (χ3n) is 2.46. The molecule has 2 heterocycles. The minimum Gasteiger partial charge on any atom is -0.309 e. The highest BCUT2D eigenvalue weighted by Gasteiger charge is 2.14. The number of nitrogens with zero attached hydrogens (tertiary/aromatic N) is 2. The van der Waals surface area contributed by atoms with Gasteiger partial charge in [0, 0.05) is 13.1 Å². The van der Waals surface area contributed by atoms with Gasteiger partial charge in [-0.3, -0.25) is 4.68 Å². The lowest BCUT2D eigenvalue weighted by atomic mass is 10.0. The van der Waals surface area contributed by atoms with Crippen molar-refractivity contribution in [2.75, 3.05) is 6.54 Å². The number of hydrogen-bond acceptors (Lipinski definition) is 2. The minimum atomic E-state index is 0.718. The fourth-order valence-corrected chi connectivity index (χ4v) is 1.85. The summed E-state index contributed by atoms with van der Waals surface area (Å²) >= 11 is 0. The van der Waals surface area contributed by atoms with E-state index in [-0.39, 0.29) is 0 Å². The lowest BCUT2D eigenvalue weighted by Crippen LogP contribution is -2.29. The smallest absolute Gasteiger partial charge is 0.0554 e. The average Bonchev–Trinajstić information content (AvgIpc) is 2.48. The van der Waals surface area contributed by atoms with Gasteiger partial charge < -0.3 is 5.32 Å². The van der Waals surface area contributed by atoms with Crippen LogP contribution in [0.3, 0.4) is 0 Å². The van der Waals surface area contributed by atoms with Gasteiger partial charge in [0.25, 0.3) is 0 Å². The van der Waals surface area contributed by atoms with E-state index >= 15 is 0 Å². The van der Waals surface area contributed by atoms with Gasteiger partial charge in [-0.2, -0.15) is 5.10 Å². The van der Waals surface area contributed by atoms with E-state index in [2.05, 4.69) is 28.9 Å². The molecule has 1 N–H and O–H groups in total. The molecule has 13 heavy (non-hydrogen) atoms. The average molecular weight is 179 g/mol. The minimum absolute atomic E-state index is 0.718. The quantitative estimate of drug-likeness (QED) is 0.739. The Morgan fingerprint density at radius 2 is 2.46 bits per heavy atom. The zero-order chi connectivity index (χ0) is 9.26. The van der Waals surface area contributed by atoms with Crippen LogP contribution in [-0.2, 0) is 19.5 Å². The molecule has 0 radical (unpaired) electrons. The molecule has 1 aromatic rings. The summed E-state index contributed by atoms with van der Waals surface area (Å²) in [5.74, 6) is 0.718. The van der Waals surface area contributed by atoms with Gasteiger partial charge in [0.2, 0.25) is 0 Å². The van der Waals surface area contributed by atoms with Crippen LogP contribution in [0.4, 0.5) is 0 Å². The van der Waals surface area contributed by atoms with Crippen LogP contribution in [0.1, 0.15) is 25.1 Å². The van der Waals surface area contributed by atoms with Crippen molar-refractivity contribution in [2.45, 2.75) is 33.4 Å². The Morgan fingerprint density at radius 1 is 1.62 bits per heavy atom. The maximum atomic E-state index is 4.39. The molecular formula is C10H17N3. The standard InChI is InChI=1S/C10H17N3/c1-8(2)5-9-6-12-13-4-3-11-7-10(9)13/h6,8,11H,3-5,7H2,1-2H3. The van der Waals surface area contributed by atoms with Crippen LogP contribution in [0.25, 0.3) is 0 Å². The maximum Gasteiger partial charge on any atom is 0.0554 e. The van der Waals surface area contributed by atoms with Crippen molar-refractivity contribution in [1.82, 2.24) is 15.1 Å². The Morgan fingerprint density at radius 3 is 3.23 bits per heavy atom. The highest BCUT2D eigenvalue weighted by Crippen LogP contribution is 2.15. The Bertz CT molecular complexity index is 288. The van der Waals surface area contributed by atoms with Crippen LogP contribution >= 0.6 is 0 Å². The molecule has 0 aromatic carbocycles. The third kappa shape index (κ3) is 1.75. The Labute approximate surface area is 79.1 Å². The van der Waals surface area contributed by atoms with Crippen LogP contribution in [-0.4, -0.2) is 16.3 Å². The fourth-order valence-electron chi connectivity index (χ4n) is 1.85. The van der Waals surface area contributed by atoms with Crippen molar-refractivity contribution >= 4 is 0 Å². The van der Waals surface area contributed by atoms with E-state index in [0.717, 1.165) is 32.0 Å². The largest absolute Gasteiger partial charge is 0.309 e. The molecule has 2 rings (SSSR count). The molecule has 0 saturated heterocycles. The molecular weight excluding hydrogens is 162 g/mol. The van der Waals surface area contributed by atoms with E-state index in [1.165, 1.54) is 11.3 Å². The topological polar surface area (TPSA) is 29.9 Å². The van der Waals surface area contributed by atoms with Gasteiger partial charge in [-0.15, -0.1) is 0 Å².